The summed E-state index contributed by atoms with van der Waals surface area (Å²) in [6, 6.07) is 9.36. The summed E-state index contributed by atoms with van der Waals surface area (Å²) < 4.78 is 13.2. The van der Waals surface area contributed by atoms with Crippen molar-refractivity contribution in [2.75, 3.05) is 13.2 Å². The van der Waals surface area contributed by atoms with Crippen LogP contribution < -0.4 is 15.2 Å². The predicted molar refractivity (Wildman–Crippen MR) is 95.3 cm³/mol. The molecule has 0 spiro atoms. The minimum Gasteiger partial charge on any atom is -0.486 e. The molecule has 0 bridgehead atoms. The standard InChI is InChI=1S/C15H12BrClINO2/c16-11-2-1-8(18)5-9(11)15(19)10-6-13-14(7-12(10)17)21-4-3-20-13/h1-2,5-7,15H,3-4,19H2. The highest BCUT2D eigenvalue weighted by Crippen LogP contribution is 2.39. The summed E-state index contributed by atoms with van der Waals surface area (Å²) in [6.07, 6.45) is 0. The van der Waals surface area contributed by atoms with Gasteiger partial charge in [-0.3, -0.25) is 0 Å². The lowest BCUT2D eigenvalue weighted by Gasteiger charge is -2.22. The Morgan fingerprint density at radius 3 is 2.48 bits per heavy atom. The maximum absolute atomic E-state index is 6.41. The van der Waals surface area contributed by atoms with Gasteiger partial charge < -0.3 is 15.2 Å². The van der Waals surface area contributed by atoms with Crippen molar-refractivity contribution in [3.8, 4) is 11.5 Å². The van der Waals surface area contributed by atoms with Gasteiger partial charge in [0.2, 0.25) is 0 Å². The molecule has 0 fully saturated rings. The first-order chi connectivity index (χ1) is 10.1. The number of hydrogen-bond donors (Lipinski definition) is 1. The van der Waals surface area contributed by atoms with Crippen molar-refractivity contribution < 1.29 is 9.47 Å². The van der Waals surface area contributed by atoms with Gasteiger partial charge in [-0.05, 0) is 58.0 Å². The van der Waals surface area contributed by atoms with E-state index in [9.17, 15) is 0 Å². The molecule has 3 rings (SSSR count). The van der Waals surface area contributed by atoms with E-state index in [0.29, 0.717) is 29.7 Å². The monoisotopic (exact) mass is 479 g/mol. The third kappa shape index (κ3) is 3.16. The number of ether oxygens (including phenoxy) is 2. The number of rotatable bonds is 2. The third-order valence-electron chi connectivity index (χ3n) is 3.29. The molecule has 6 heteroatoms. The highest BCUT2D eigenvalue weighted by atomic mass is 127. The second-order valence-electron chi connectivity index (χ2n) is 4.66. The molecule has 0 radical (unpaired) electrons. The highest BCUT2D eigenvalue weighted by Gasteiger charge is 2.21. The van der Waals surface area contributed by atoms with E-state index >= 15 is 0 Å². The smallest absolute Gasteiger partial charge is 0.162 e. The SMILES string of the molecule is NC(c1cc2c(cc1Cl)OCCO2)c1cc(I)ccc1Br. The number of halogens is 3. The molecule has 0 aromatic heterocycles. The molecule has 21 heavy (non-hydrogen) atoms. The van der Waals surface area contributed by atoms with E-state index in [0.717, 1.165) is 19.2 Å². The van der Waals surface area contributed by atoms with Crippen molar-refractivity contribution in [2.45, 2.75) is 6.04 Å². The van der Waals surface area contributed by atoms with Crippen LogP contribution in [0.15, 0.2) is 34.8 Å². The first-order valence-electron chi connectivity index (χ1n) is 6.36. The number of benzene rings is 2. The molecule has 1 aliphatic rings. The summed E-state index contributed by atoms with van der Waals surface area (Å²) >= 11 is 12.2. The lowest BCUT2D eigenvalue weighted by atomic mass is 9.99. The van der Waals surface area contributed by atoms with Gasteiger partial charge in [-0.25, -0.2) is 0 Å². The van der Waals surface area contributed by atoms with Gasteiger partial charge in [-0.15, -0.1) is 0 Å². The summed E-state index contributed by atoms with van der Waals surface area (Å²) in [5.41, 5.74) is 8.22. The van der Waals surface area contributed by atoms with Gasteiger partial charge in [0.25, 0.3) is 0 Å². The van der Waals surface area contributed by atoms with E-state index in [1.165, 1.54) is 0 Å². The van der Waals surface area contributed by atoms with Crippen LogP contribution >= 0.6 is 50.1 Å². The highest BCUT2D eigenvalue weighted by molar-refractivity contribution is 14.1. The number of nitrogens with two attached hydrogens (primary N) is 1. The topological polar surface area (TPSA) is 44.5 Å². The fourth-order valence-corrected chi connectivity index (χ4v) is 3.52. The number of fused-ring (bicyclic) bond motifs is 1. The molecule has 110 valence electrons. The molecule has 0 saturated carbocycles. The Hall–Kier alpha value is -0.500. The predicted octanol–water partition coefficient (Wildman–Crippen LogP) is 4.53. The first kappa shape index (κ1) is 15.4. The second kappa shape index (κ2) is 6.32. The molecule has 1 unspecified atom stereocenters. The first-order valence-corrected chi connectivity index (χ1v) is 8.61. The molecule has 2 aromatic rings. The van der Waals surface area contributed by atoms with Crippen molar-refractivity contribution >= 4 is 50.1 Å². The average Bonchev–Trinajstić information content (AvgIpc) is 2.48. The van der Waals surface area contributed by atoms with Crippen LogP contribution in [0, 0.1) is 3.57 Å². The van der Waals surface area contributed by atoms with Gasteiger partial charge in [0, 0.05) is 19.1 Å². The van der Waals surface area contributed by atoms with Gasteiger partial charge in [0.15, 0.2) is 11.5 Å². The maximum Gasteiger partial charge on any atom is 0.162 e. The quantitative estimate of drug-likeness (QED) is 0.643. The van der Waals surface area contributed by atoms with Gasteiger partial charge in [-0.2, -0.15) is 0 Å². The Bertz CT molecular complexity index is 696. The molecule has 3 nitrogen and oxygen atoms in total. The summed E-state index contributed by atoms with van der Waals surface area (Å²) in [4.78, 5) is 0. The lowest BCUT2D eigenvalue weighted by molar-refractivity contribution is 0.171. The Balaban J connectivity index is 2.05. The molecule has 2 N–H and O–H groups in total. The Kier molecular flexibility index (Phi) is 4.63. The second-order valence-corrected chi connectivity index (χ2v) is 7.17. The van der Waals surface area contributed by atoms with Crippen LogP contribution in [0.4, 0.5) is 0 Å². The summed E-state index contributed by atoms with van der Waals surface area (Å²) in [6.45, 7) is 1.08. The van der Waals surface area contributed by atoms with Crippen molar-refractivity contribution in [2.24, 2.45) is 5.73 Å². The van der Waals surface area contributed by atoms with E-state index < -0.39 is 0 Å². The van der Waals surface area contributed by atoms with E-state index in [4.69, 9.17) is 26.8 Å². The minimum absolute atomic E-state index is 0.336. The Labute approximate surface area is 150 Å². The summed E-state index contributed by atoms with van der Waals surface area (Å²) in [7, 11) is 0. The van der Waals surface area contributed by atoms with Gasteiger partial charge in [0.1, 0.15) is 13.2 Å². The van der Waals surface area contributed by atoms with Crippen molar-refractivity contribution in [1.82, 2.24) is 0 Å². The van der Waals surface area contributed by atoms with Crippen LogP contribution in [0.25, 0.3) is 0 Å². The maximum atomic E-state index is 6.41. The Morgan fingerprint density at radius 1 is 1.10 bits per heavy atom. The van der Waals surface area contributed by atoms with Crippen molar-refractivity contribution in [3.05, 3.63) is 54.5 Å². The van der Waals surface area contributed by atoms with Crippen LogP contribution in [0.3, 0.4) is 0 Å². The zero-order chi connectivity index (χ0) is 15.0. The van der Waals surface area contributed by atoms with Crippen LogP contribution in [0.5, 0.6) is 11.5 Å². The third-order valence-corrected chi connectivity index (χ3v) is 5.01. The van der Waals surface area contributed by atoms with E-state index in [1.54, 1.807) is 6.07 Å². The fraction of sp³-hybridized carbons (Fsp3) is 0.200. The summed E-state index contributed by atoms with van der Waals surface area (Å²) in [5.74, 6) is 1.36. The van der Waals surface area contributed by atoms with Gasteiger partial charge in [0.05, 0.1) is 6.04 Å². The lowest BCUT2D eigenvalue weighted by Crippen LogP contribution is -2.18. The van der Waals surface area contributed by atoms with E-state index in [2.05, 4.69) is 38.5 Å². The van der Waals surface area contributed by atoms with Gasteiger partial charge in [-0.1, -0.05) is 27.5 Å². The van der Waals surface area contributed by atoms with E-state index in [1.807, 2.05) is 24.3 Å². The molecular formula is C15H12BrClINO2. The minimum atomic E-state index is -0.336. The molecule has 2 aromatic carbocycles. The fourth-order valence-electron chi connectivity index (χ4n) is 2.24. The average molecular weight is 481 g/mol. The molecule has 1 heterocycles. The van der Waals surface area contributed by atoms with Crippen LogP contribution in [-0.2, 0) is 0 Å². The largest absolute Gasteiger partial charge is 0.486 e. The molecule has 0 saturated heterocycles. The molecular weight excluding hydrogens is 468 g/mol. The van der Waals surface area contributed by atoms with Crippen molar-refractivity contribution in [1.29, 1.82) is 0 Å². The Morgan fingerprint density at radius 2 is 1.76 bits per heavy atom. The number of hydrogen-bond acceptors (Lipinski definition) is 3. The van der Waals surface area contributed by atoms with Crippen LogP contribution in [0.1, 0.15) is 17.2 Å². The van der Waals surface area contributed by atoms with Crippen molar-refractivity contribution in [3.63, 3.8) is 0 Å². The van der Waals surface area contributed by atoms with Crippen LogP contribution in [0.2, 0.25) is 5.02 Å². The zero-order valence-electron chi connectivity index (χ0n) is 10.9. The van der Waals surface area contributed by atoms with Crippen LogP contribution in [-0.4, -0.2) is 13.2 Å². The van der Waals surface area contributed by atoms with E-state index in [-0.39, 0.29) is 6.04 Å². The summed E-state index contributed by atoms with van der Waals surface area (Å²) in [5, 5.41) is 0.581. The normalized spacial score (nSPS) is 14.9. The molecule has 0 amide bonds. The molecule has 1 atom stereocenters. The zero-order valence-corrected chi connectivity index (χ0v) is 15.4. The van der Waals surface area contributed by atoms with Gasteiger partial charge >= 0.3 is 0 Å². The molecule has 1 aliphatic heterocycles. The molecule has 0 aliphatic carbocycles.